The number of hydrogen-bond acceptors (Lipinski definition) is 8. The number of rotatable bonds is 8. The molecule has 0 unspecified atom stereocenters. The molecule has 2 amide bonds. The lowest BCUT2D eigenvalue weighted by Gasteiger charge is -2.12. The molecule has 1 aliphatic rings. The first kappa shape index (κ1) is 23.7. The number of carbonyl (C=O) groups excluding carboxylic acids is 3. The Morgan fingerprint density at radius 2 is 1.71 bits per heavy atom. The zero-order valence-corrected chi connectivity index (χ0v) is 18.9. The van der Waals surface area contributed by atoms with Gasteiger partial charge in [0.1, 0.15) is 12.4 Å². The van der Waals surface area contributed by atoms with Crippen molar-refractivity contribution in [3.63, 3.8) is 0 Å². The number of carbonyl (C=O) groups is 3. The lowest BCUT2D eigenvalue weighted by Crippen LogP contribution is -2.27. The quantitative estimate of drug-likeness (QED) is 0.266. The summed E-state index contributed by atoms with van der Waals surface area (Å²) in [7, 11) is 0. The smallest absolute Gasteiger partial charge is 0.293 e. The minimum absolute atomic E-state index is 0.0599. The van der Waals surface area contributed by atoms with Crippen molar-refractivity contribution in [3.8, 4) is 5.75 Å². The zero-order valence-electron chi connectivity index (χ0n) is 18.1. The van der Waals surface area contributed by atoms with E-state index in [-0.39, 0.29) is 29.3 Å². The van der Waals surface area contributed by atoms with E-state index in [1.165, 1.54) is 30.3 Å². The largest absolute Gasteiger partial charge is 0.545 e. The van der Waals surface area contributed by atoms with E-state index >= 15 is 0 Å². The van der Waals surface area contributed by atoms with E-state index in [2.05, 4.69) is 0 Å². The number of carboxylic acid groups (broad SMARTS) is 1. The Hall–Kier alpha value is -4.44. The predicted molar refractivity (Wildman–Crippen MR) is 126 cm³/mol. The highest BCUT2D eigenvalue weighted by atomic mass is 32.2. The van der Waals surface area contributed by atoms with E-state index < -0.39 is 22.0 Å². The van der Waals surface area contributed by atoms with Crippen LogP contribution in [0.4, 0.5) is 10.5 Å². The molecule has 3 aromatic carbocycles. The first-order valence-electron chi connectivity index (χ1n) is 10.3. The Morgan fingerprint density at radius 3 is 2.43 bits per heavy atom. The zero-order chi connectivity index (χ0) is 24.9. The van der Waals surface area contributed by atoms with Gasteiger partial charge in [-0.2, -0.15) is 0 Å². The first-order valence-corrected chi connectivity index (χ1v) is 11.1. The van der Waals surface area contributed by atoms with Crippen LogP contribution < -0.4 is 9.84 Å². The molecule has 0 spiro atoms. The molecule has 0 saturated carbocycles. The second-order valence-electron chi connectivity index (χ2n) is 7.54. The lowest BCUT2D eigenvalue weighted by molar-refractivity contribution is -0.384. The van der Waals surface area contributed by atoms with E-state index in [1.54, 1.807) is 48.5 Å². The molecule has 0 radical (unpaired) electrons. The summed E-state index contributed by atoms with van der Waals surface area (Å²) in [5.74, 6) is -1.19. The highest BCUT2D eigenvalue weighted by Crippen LogP contribution is 2.33. The molecule has 3 aromatic rings. The van der Waals surface area contributed by atoms with Crippen molar-refractivity contribution in [2.24, 2.45) is 0 Å². The van der Waals surface area contributed by atoms with Crippen LogP contribution in [0.1, 0.15) is 27.0 Å². The van der Waals surface area contributed by atoms with Crippen LogP contribution >= 0.6 is 11.8 Å². The molecular weight excluding hydrogens is 472 g/mol. The molecular formula is C25H17N2O7S-. The van der Waals surface area contributed by atoms with E-state index in [4.69, 9.17) is 4.74 Å². The number of nitrogens with zero attached hydrogens (tertiary/aromatic N) is 2. The first-order chi connectivity index (χ1) is 16.8. The Morgan fingerprint density at radius 1 is 1.00 bits per heavy atom. The number of hydrogen-bond donors (Lipinski definition) is 0. The minimum Gasteiger partial charge on any atom is -0.545 e. The average Bonchev–Trinajstić information content (AvgIpc) is 3.11. The van der Waals surface area contributed by atoms with Gasteiger partial charge in [-0.1, -0.05) is 42.5 Å². The molecule has 0 bridgehead atoms. The van der Waals surface area contributed by atoms with Gasteiger partial charge in [0.15, 0.2) is 0 Å². The summed E-state index contributed by atoms with van der Waals surface area (Å²) in [6.45, 7) is 0.104. The summed E-state index contributed by atoms with van der Waals surface area (Å²) in [4.78, 5) is 47.8. The number of nitro groups is 1. The van der Waals surface area contributed by atoms with E-state index in [9.17, 15) is 29.6 Å². The van der Waals surface area contributed by atoms with Gasteiger partial charge in [-0.25, -0.2) is 0 Å². The molecule has 176 valence electrons. The minimum atomic E-state index is -1.26. The molecule has 1 aliphatic heterocycles. The van der Waals surface area contributed by atoms with Crippen molar-refractivity contribution in [2.45, 2.75) is 13.2 Å². The average molecular weight is 489 g/mol. The summed E-state index contributed by atoms with van der Waals surface area (Å²) < 4.78 is 5.68. The number of ether oxygens (including phenoxy) is 1. The van der Waals surface area contributed by atoms with Crippen LogP contribution in [0.25, 0.3) is 6.08 Å². The topological polar surface area (TPSA) is 130 Å². The molecule has 0 N–H and O–H groups in total. The van der Waals surface area contributed by atoms with Crippen LogP contribution in [-0.2, 0) is 17.9 Å². The van der Waals surface area contributed by atoms with E-state index in [0.717, 1.165) is 16.7 Å². The lowest BCUT2D eigenvalue weighted by atomic mass is 10.1. The monoisotopic (exact) mass is 489 g/mol. The molecule has 1 heterocycles. The maximum atomic E-state index is 12.8. The molecule has 1 saturated heterocycles. The number of non-ortho nitro benzene ring substituents is 1. The van der Waals surface area contributed by atoms with Gasteiger partial charge in [0.2, 0.25) is 0 Å². The number of amides is 2. The van der Waals surface area contributed by atoms with Crippen LogP contribution in [0.15, 0.2) is 77.7 Å². The van der Waals surface area contributed by atoms with E-state index in [0.29, 0.717) is 22.4 Å². The predicted octanol–water partition coefficient (Wildman–Crippen LogP) is 3.77. The van der Waals surface area contributed by atoms with Gasteiger partial charge >= 0.3 is 0 Å². The fraction of sp³-hybridized carbons (Fsp3) is 0.0800. The van der Waals surface area contributed by atoms with Crippen molar-refractivity contribution in [3.05, 3.63) is 110 Å². The van der Waals surface area contributed by atoms with Crippen molar-refractivity contribution < 1.29 is 29.2 Å². The molecule has 35 heavy (non-hydrogen) atoms. The van der Waals surface area contributed by atoms with Gasteiger partial charge in [0.05, 0.1) is 22.3 Å². The number of benzene rings is 3. The number of imide groups is 1. The van der Waals surface area contributed by atoms with Gasteiger partial charge in [-0.15, -0.1) is 0 Å². The highest BCUT2D eigenvalue weighted by molar-refractivity contribution is 8.18. The third-order valence-corrected chi connectivity index (χ3v) is 5.99. The molecule has 10 heteroatoms. The summed E-state index contributed by atoms with van der Waals surface area (Å²) >= 11 is 0.802. The van der Waals surface area contributed by atoms with Gasteiger partial charge in [0, 0.05) is 12.1 Å². The van der Waals surface area contributed by atoms with E-state index in [1.807, 2.05) is 0 Å². The van der Waals surface area contributed by atoms with Gasteiger partial charge < -0.3 is 14.6 Å². The number of thioether (sulfide) groups is 1. The van der Waals surface area contributed by atoms with Crippen LogP contribution in [0, 0.1) is 10.1 Å². The van der Waals surface area contributed by atoms with Crippen molar-refractivity contribution in [1.82, 2.24) is 4.90 Å². The Bertz CT molecular complexity index is 1350. The molecule has 9 nitrogen and oxygen atoms in total. The molecule has 0 aromatic heterocycles. The second-order valence-corrected chi connectivity index (χ2v) is 8.53. The van der Waals surface area contributed by atoms with Crippen molar-refractivity contribution >= 4 is 40.6 Å². The fourth-order valence-electron chi connectivity index (χ4n) is 3.35. The fourth-order valence-corrected chi connectivity index (χ4v) is 4.19. The summed E-state index contributed by atoms with van der Waals surface area (Å²) in [5.41, 5.74) is 1.79. The summed E-state index contributed by atoms with van der Waals surface area (Å²) in [5, 5.41) is 21.5. The molecule has 1 fully saturated rings. The van der Waals surface area contributed by atoms with Crippen molar-refractivity contribution in [2.75, 3.05) is 0 Å². The number of nitro benzene ring substituents is 1. The molecule has 4 rings (SSSR count). The van der Waals surface area contributed by atoms with Crippen LogP contribution in [0.3, 0.4) is 0 Å². The third-order valence-electron chi connectivity index (χ3n) is 5.08. The summed E-state index contributed by atoms with van der Waals surface area (Å²) in [6, 6.07) is 18.9. The maximum Gasteiger partial charge on any atom is 0.293 e. The van der Waals surface area contributed by atoms with Crippen LogP contribution in [-0.4, -0.2) is 26.9 Å². The highest BCUT2D eigenvalue weighted by Gasteiger charge is 2.35. The van der Waals surface area contributed by atoms with Gasteiger partial charge in [0.25, 0.3) is 16.8 Å². The Kier molecular flexibility index (Phi) is 6.93. The Balaban J connectivity index is 1.40. The molecule has 0 atom stereocenters. The third kappa shape index (κ3) is 5.74. The number of aromatic carboxylic acids is 1. The van der Waals surface area contributed by atoms with Crippen molar-refractivity contribution in [1.29, 1.82) is 0 Å². The normalized spacial score (nSPS) is 14.4. The SMILES string of the molecule is O=C([O-])c1cccc(COc2ccc(/C=C3/SC(=O)N(Cc4cccc([N+](=O)[O-])c4)C3=O)cc2)c1. The van der Waals surface area contributed by atoms with Crippen LogP contribution in [0.5, 0.6) is 5.75 Å². The second kappa shape index (κ2) is 10.2. The standard InChI is InChI=1S/C25H18N2O7S/c28-23-22(35-25(31)26(23)14-17-3-2-6-20(12-17)27(32)33)13-16-7-9-21(10-8-16)34-15-18-4-1-5-19(11-18)24(29)30/h1-13H,14-15H2,(H,29,30)/p-1/b22-13+. The summed E-state index contributed by atoms with van der Waals surface area (Å²) in [6.07, 6.45) is 1.59. The van der Waals surface area contributed by atoms with Crippen LogP contribution in [0.2, 0.25) is 0 Å². The number of carboxylic acids is 1. The Labute approximate surface area is 203 Å². The molecule has 0 aliphatic carbocycles. The maximum absolute atomic E-state index is 12.8. The van der Waals surface area contributed by atoms with Gasteiger partial charge in [-0.05, 0) is 58.3 Å². The van der Waals surface area contributed by atoms with Gasteiger partial charge in [-0.3, -0.25) is 24.6 Å².